The molecule has 1 atom stereocenters. The van der Waals surface area contributed by atoms with Gasteiger partial charge in [0.05, 0.1) is 0 Å². The number of halogens is 1. The van der Waals surface area contributed by atoms with Crippen molar-refractivity contribution in [3.8, 4) is 17.1 Å². The quantitative estimate of drug-likeness (QED) is 0.607. The van der Waals surface area contributed by atoms with Gasteiger partial charge in [0.2, 0.25) is 0 Å². The summed E-state index contributed by atoms with van der Waals surface area (Å²) < 4.78 is 16.0. The fourth-order valence-corrected chi connectivity index (χ4v) is 2.35. The molecule has 0 aliphatic carbocycles. The molecule has 0 amide bonds. The highest BCUT2D eigenvalue weighted by atomic mass is 35.5. The molecule has 1 heterocycles. The highest BCUT2D eigenvalue weighted by Gasteiger charge is 2.17. The van der Waals surface area contributed by atoms with Gasteiger partial charge in [0, 0.05) is 16.7 Å². The molecular weight excluding hydrogens is 342 g/mol. The second-order valence-corrected chi connectivity index (χ2v) is 5.81. The van der Waals surface area contributed by atoms with E-state index in [4.69, 9.17) is 25.6 Å². The molecule has 0 fully saturated rings. The van der Waals surface area contributed by atoms with Crippen LogP contribution in [0.15, 0.2) is 65.2 Å². The van der Waals surface area contributed by atoms with Gasteiger partial charge in [0.25, 0.3) is 0 Å². The normalized spacial score (nSPS) is 11.8. The SMILES string of the molecule is CC(Oc1cccc(Cl)c1)C(=O)OCc1cc(-c2ccccc2)on1. The second kappa shape index (κ2) is 7.85. The fraction of sp³-hybridized carbons (Fsp3) is 0.158. The Morgan fingerprint density at radius 1 is 1.16 bits per heavy atom. The van der Waals surface area contributed by atoms with Crippen molar-refractivity contribution >= 4 is 17.6 Å². The van der Waals surface area contributed by atoms with Crippen molar-refractivity contribution < 1.29 is 18.8 Å². The first kappa shape index (κ1) is 17.0. The first-order chi connectivity index (χ1) is 12.1. The van der Waals surface area contributed by atoms with E-state index in [-0.39, 0.29) is 6.61 Å². The minimum absolute atomic E-state index is 0.0123. The summed E-state index contributed by atoms with van der Waals surface area (Å²) in [5.41, 5.74) is 1.44. The van der Waals surface area contributed by atoms with Crippen molar-refractivity contribution in [2.75, 3.05) is 0 Å². The van der Waals surface area contributed by atoms with Crippen LogP contribution >= 0.6 is 11.6 Å². The molecule has 0 bridgehead atoms. The van der Waals surface area contributed by atoms with Crippen LogP contribution in [0.5, 0.6) is 5.75 Å². The molecule has 0 saturated carbocycles. The van der Waals surface area contributed by atoms with Crippen molar-refractivity contribution in [3.05, 3.63) is 71.4 Å². The van der Waals surface area contributed by atoms with Crippen LogP contribution in [0.1, 0.15) is 12.6 Å². The van der Waals surface area contributed by atoms with Gasteiger partial charge in [0.1, 0.15) is 18.1 Å². The van der Waals surface area contributed by atoms with Gasteiger partial charge in [-0.15, -0.1) is 0 Å². The van der Waals surface area contributed by atoms with E-state index in [0.717, 1.165) is 5.56 Å². The number of benzene rings is 2. The Bertz CT molecular complexity index is 847. The molecule has 0 spiro atoms. The molecule has 3 aromatic rings. The molecule has 6 heteroatoms. The minimum atomic E-state index is -0.765. The molecule has 1 aromatic heterocycles. The standard InChI is InChI=1S/C19H16ClNO4/c1-13(24-17-9-5-8-15(20)10-17)19(22)23-12-16-11-18(25-21-16)14-6-3-2-4-7-14/h2-11,13H,12H2,1H3. The van der Waals surface area contributed by atoms with Gasteiger partial charge >= 0.3 is 5.97 Å². The van der Waals surface area contributed by atoms with Gasteiger partial charge in [-0.05, 0) is 25.1 Å². The Balaban J connectivity index is 1.54. The van der Waals surface area contributed by atoms with Crippen LogP contribution in [-0.4, -0.2) is 17.2 Å². The fourth-order valence-electron chi connectivity index (χ4n) is 2.17. The summed E-state index contributed by atoms with van der Waals surface area (Å²) >= 11 is 5.89. The maximum atomic E-state index is 12.0. The van der Waals surface area contributed by atoms with Crippen molar-refractivity contribution in [1.29, 1.82) is 0 Å². The van der Waals surface area contributed by atoms with Crippen molar-refractivity contribution in [2.24, 2.45) is 0 Å². The van der Waals surface area contributed by atoms with E-state index < -0.39 is 12.1 Å². The van der Waals surface area contributed by atoms with Crippen molar-refractivity contribution in [1.82, 2.24) is 5.16 Å². The van der Waals surface area contributed by atoms with Gasteiger partial charge < -0.3 is 14.0 Å². The van der Waals surface area contributed by atoms with Crippen molar-refractivity contribution in [2.45, 2.75) is 19.6 Å². The van der Waals surface area contributed by atoms with Crippen LogP contribution in [0.3, 0.4) is 0 Å². The third-order valence-corrected chi connectivity index (χ3v) is 3.66. The van der Waals surface area contributed by atoms with Gasteiger partial charge in [-0.25, -0.2) is 4.79 Å². The number of nitrogens with zero attached hydrogens (tertiary/aromatic N) is 1. The zero-order valence-electron chi connectivity index (χ0n) is 13.5. The van der Waals surface area contributed by atoms with E-state index >= 15 is 0 Å². The molecule has 0 aliphatic heterocycles. The summed E-state index contributed by atoms with van der Waals surface area (Å²) in [6.07, 6.45) is -0.765. The number of carbonyl (C=O) groups is 1. The number of hydrogen-bond donors (Lipinski definition) is 0. The number of aromatic nitrogens is 1. The van der Waals surface area contributed by atoms with E-state index in [1.807, 2.05) is 30.3 Å². The first-order valence-corrected chi connectivity index (χ1v) is 8.09. The highest BCUT2D eigenvalue weighted by Crippen LogP contribution is 2.21. The molecular formula is C19H16ClNO4. The average Bonchev–Trinajstić information content (AvgIpc) is 3.09. The summed E-state index contributed by atoms with van der Waals surface area (Å²) in [6.45, 7) is 1.62. The summed E-state index contributed by atoms with van der Waals surface area (Å²) in [7, 11) is 0. The number of ether oxygens (including phenoxy) is 2. The molecule has 0 radical (unpaired) electrons. The number of rotatable bonds is 6. The summed E-state index contributed by atoms with van der Waals surface area (Å²) in [4.78, 5) is 12.0. The zero-order chi connectivity index (χ0) is 17.6. The number of carbonyl (C=O) groups excluding carboxylic acids is 1. The minimum Gasteiger partial charge on any atom is -0.479 e. The lowest BCUT2D eigenvalue weighted by atomic mass is 10.2. The Labute approximate surface area is 150 Å². The lowest BCUT2D eigenvalue weighted by Crippen LogP contribution is -2.26. The zero-order valence-corrected chi connectivity index (χ0v) is 14.3. The van der Waals surface area contributed by atoms with E-state index in [2.05, 4.69) is 5.16 Å². The van der Waals surface area contributed by atoms with E-state index in [1.165, 1.54) is 0 Å². The summed E-state index contributed by atoms with van der Waals surface area (Å²) in [5, 5.41) is 4.45. The van der Waals surface area contributed by atoms with E-state index in [0.29, 0.717) is 22.2 Å². The third-order valence-electron chi connectivity index (χ3n) is 3.42. The Kier molecular flexibility index (Phi) is 5.36. The van der Waals surface area contributed by atoms with Crippen LogP contribution in [-0.2, 0) is 16.1 Å². The summed E-state index contributed by atoms with van der Waals surface area (Å²) in [5.74, 6) is 0.629. The number of hydrogen-bond acceptors (Lipinski definition) is 5. The topological polar surface area (TPSA) is 61.6 Å². The monoisotopic (exact) mass is 357 g/mol. The Morgan fingerprint density at radius 2 is 1.96 bits per heavy atom. The highest BCUT2D eigenvalue weighted by molar-refractivity contribution is 6.30. The van der Waals surface area contributed by atoms with Gasteiger partial charge in [0.15, 0.2) is 11.9 Å². The lowest BCUT2D eigenvalue weighted by molar-refractivity contribution is -0.152. The van der Waals surface area contributed by atoms with Crippen LogP contribution in [0.2, 0.25) is 5.02 Å². The Morgan fingerprint density at radius 3 is 2.72 bits per heavy atom. The van der Waals surface area contributed by atoms with Gasteiger partial charge in [-0.1, -0.05) is 53.2 Å². The number of esters is 1. The smallest absolute Gasteiger partial charge is 0.347 e. The molecule has 0 aliphatic rings. The molecule has 2 aromatic carbocycles. The third kappa shape index (κ3) is 4.61. The maximum Gasteiger partial charge on any atom is 0.347 e. The molecule has 0 saturated heterocycles. The van der Waals surface area contributed by atoms with E-state index in [9.17, 15) is 4.79 Å². The van der Waals surface area contributed by atoms with Crippen LogP contribution in [0, 0.1) is 0 Å². The second-order valence-electron chi connectivity index (χ2n) is 5.37. The lowest BCUT2D eigenvalue weighted by Gasteiger charge is -2.13. The largest absolute Gasteiger partial charge is 0.479 e. The predicted molar refractivity (Wildman–Crippen MR) is 93.3 cm³/mol. The van der Waals surface area contributed by atoms with Crippen LogP contribution in [0.4, 0.5) is 0 Å². The predicted octanol–water partition coefficient (Wildman–Crippen LogP) is 4.51. The molecule has 5 nitrogen and oxygen atoms in total. The Hall–Kier alpha value is -2.79. The van der Waals surface area contributed by atoms with E-state index in [1.54, 1.807) is 37.3 Å². The average molecular weight is 358 g/mol. The molecule has 0 N–H and O–H groups in total. The molecule has 3 rings (SSSR count). The van der Waals surface area contributed by atoms with Crippen LogP contribution < -0.4 is 4.74 Å². The first-order valence-electron chi connectivity index (χ1n) is 7.72. The maximum absolute atomic E-state index is 12.0. The van der Waals surface area contributed by atoms with Gasteiger partial charge in [-0.2, -0.15) is 0 Å². The molecule has 25 heavy (non-hydrogen) atoms. The van der Waals surface area contributed by atoms with Crippen LogP contribution in [0.25, 0.3) is 11.3 Å². The molecule has 1 unspecified atom stereocenters. The van der Waals surface area contributed by atoms with Crippen molar-refractivity contribution in [3.63, 3.8) is 0 Å². The summed E-state index contributed by atoms with van der Waals surface area (Å²) in [6, 6.07) is 18.1. The molecule has 128 valence electrons. The van der Waals surface area contributed by atoms with Gasteiger partial charge in [-0.3, -0.25) is 0 Å².